The SMILES string of the molecule is O=C(O)Cn1nnnc1/C=C1/CN(C(C(=O)C2CC2)c2ccccc2F)CCC1S. The minimum atomic E-state index is -1.05. The van der Waals surface area contributed by atoms with Gasteiger partial charge in [0, 0.05) is 29.8 Å². The first-order valence-electron chi connectivity index (χ1n) is 9.82. The smallest absolute Gasteiger partial charge is 0.325 e. The Balaban J connectivity index is 1.64. The monoisotopic (exact) mass is 431 g/mol. The van der Waals surface area contributed by atoms with Gasteiger partial charge in [-0.25, -0.2) is 9.07 Å². The van der Waals surface area contributed by atoms with Crippen LogP contribution in [0.5, 0.6) is 0 Å². The van der Waals surface area contributed by atoms with E-state index in [1.165, 1.54) is 10.7 Å². The fraction of sp³-hybridized carbons (Fsp3) is 0.450. The molecule has 2 fully saturated rings. The van der Waals surface area contributed by atoms with Crippen LogP contribution in [0.3, 0.4) is 0 Å². The number of carbonyl (C=O) groups excluding carboxylic acids is 1. The average Bonchev–Trinajstić information content (AvgIpc) is 3.48. The quantitative estimate of drug-likeness (QED) is 0.647. The molecule has 2 heterocycles. The Morgan fingerprint density at radius 3 is 2.77 bits per heavy atom. The molecular weight excluding hydrogens is 409 g/mol. The molecule has 1 saturated carbocycles. The number of ketones is 1. The van der Waals surface area contributed by atoms with Crippen molar-refractivity contribution in [1.29, 1.82) is 0 Å². The molecule has 10 heteroatoms. The van der Waals surface area contributed by atoms with Gasteiger partial charge in [-0.1, -0.05) is 18.2 Å². The lowest BCUT2D eigenvalue weighted by Crippen LogP contribution is -2.42. The van der Waals surface area contributed by atoms with Crippen molar-refractivity contribution in [3.63, 3.8) is 0 Å². The number of carboxylic acid groups (broad SMARTS) is 1. The summed E-state index contributed by atoms with van der Waals surface area (Å²) in [6.45, 7) is 0.639. The van der Waals surface area contributed by atoms with Crippen LogP contribution in [-0.2, 0) is 16.1 Å². The molecule has 1 aliphatic heterocycles. The lowest BCUT2D eigenvalue weighted by Gasteiger charge is -2.37. The summed E-state index contributed by atoms with van der Waals surface area (Å²) in [6.07, 6.45) is 4.07. The Labute approximate surface area is 178 Å². The Morgan fingerprint density at radius 2 is 2.07 bits per heavy atom. The third kappa shape index (κ3) is 4.44. The number of benzene rings is 1. The summed E-state index contributed by atoms with van der Waals surface area (Å²) < 4.78 is 15.8. The molecule has 1 aromatic heterocycles. The maximum Gasteiger partial charge on any atom is 0.325 e. The van der Waals surface area contributed by atoms with Crippen molar-refractivity contribution in [3.8, 4) is 0 Å². The van der Waals surface area contributed by atoms with Gasteiger partial charge in [-0.2, -0.15) is 12.6 Å². The van der Waals surface area contributed by atoms with Crippen molar-refractivity contribution in [3.05, 3.63) is 47.0 Å². The molecule has 0 amide bonds. The van der Waals surface area contributed by atoms with Crippen LogP contribution in [-0.4, -0.2) is 60.3 Å². The van der Waals surface area contributed by atoms with E-state index in [-0.39, 0.29) is 29.3 Å². The number of hydrogen-bond acceptors (Lipinski definition) is 7. The van der Waals surface area contributed by atoms with E-state index in [2.05, 4.69) is 28.2 Å². The Morgan fingerprint density at radius 1 is 1.30 bits per heavy atom. The second kappa shape index (κ2) is 8.65. The first-order chi connectivity index (χ1) is 14.4. The zero-order valence-electron chi connectivity index (χ0n) is 16.2. The van der Waals surface area contributed by atoms with Crippen molar-refractivity contribution < 1.29 is 19.1 Å². The molecule has 0 radical (unpaired) electrons. The molecule has 2 aromatic rings. The highest BCUT2D eigenvalue weighted by atomic mass is 32.1. The molecule has 8 nitrogen and oxygen atoms in total. The Kier molecular flexibility index (Phi) is 5.96. The number of Topliss-reactive ketones (excluding diaryl/α,β-unsaturated/α-hetero) is 1. The van der Waals surface area contributed by atoms with E-state index in [1.807, 2.05) is 4.90 Å². The summed E-state index contributed by atoms with van der Waals surface area (Å²) in [5.41, 5.74) is 1.25. The lowest BCUT2D eigenvalue weighted by atomic mass is 9.93. The number of rotatable bonds is 7. The van der Waals surface area contributed by atoms with Gasteiger partial charge in [0.25, 0.3) is 0 Å². The van der Waals surface area contributed by atoms with Crippen LogP contribution in [0, 0.1) is 11.7 Å². The van der Waals surface area contributed by atoms with Gasteiger partial charge in [0.15, 0.2) is 11.6 Å². The summed E-state index contributed by atoms with van der Waals surface area (Å²) in [5, 5.41) is 20.1. The van der Waals surface area contributed by atoms with Gasteiger partial charge in [-0.15, -0.1) is 5.10 Å². The van der Waals surface area contributed by atoms with Crippen LogP contribution >= 0.6 is 12.6 Å². The minimum absolute atomic E-state index is 0.0152. The topological polar surface area (TPSA) is 101 Å². The highest BCUT2D eigenvalue weighted by Crippen LogP contribution is 2.39. The number of piperidine rings is 1. The number of hydrogen-bond donors (Lipinski definition) is 2. The largest absolute Gasteiger partial charge is 0.480 e. The van der Waals surface area contributed by atoms with Crippen molar-refractivity contribution in [2.75, 3.05) is 13.1 Å². The fourth-order valence-electron chi connectivity index (χ4n) is 3.79. The van der Waals surface area contributed by atoms with E-state index in [4.69, 9.17) is 5.11 Å². The second-order valence-electron chi connectivity index (χ2n) is 7.68. The standard InChI is InChI=1S/C20H22FN5O3S/c21-15-4-2-1-3-14(15)19(20(29)12-5-6-12)25-8-7-16(30)13(10-25)9-17-22-23-24-26(17)11-18(27)28/h1-4,9,12,16,19,30H,5-8,10-11H2,(H,27,28)/b13-9-. The average molecular weight is 431 g/mol. The van der Waals surface area contributed by atoms with E-state index in [0.29, 0.717) is 30.9 Å². The zero-order valence-corrected chi connectivity index (χ0v) is 17.1. The summed E-state index contributed by atoms with van der Waals surface area (Å²) in [5.74, 6) is -1.10. The van der Waals surface area contributed by atoms with Gasteiger partial charge < -0.3 is 5.11 Å². The second-order valence-corrected chi connectivity index (χ2v) is 8.31. The molecule has 1 N–H and O–H groups in total. The molecule has 158 valence electrons. The zero-order chi connectivity index (χ0) is 21.3. The van der Waals surface area contributed by atoms with E-state index in [0.717, 1.165) is 18.4 Å². The molecule has 1 saturated heterocycles. The number of likely N-dealkylation sites (tertiary alicyclic amines) is 1. The Bertz CT molecular complexity index is 990. The molecular formula is C20H22FN5O3S. The maximum atomic E-state index is 14.6. The van der Waals surface area contributed by atoms with Gasteiger partial charge in [-0.05, 0) is 47.4 Å². The van der Waals surface area contributed by atoms with Gasteiger partial charge in [0.05, 0.1) is 6.04 Å². The van der Waals surface area contributed by atoms with Crippen molar-refractivity contribution in [2.24, 2.45) is 5.92 Å². The number of nitrogens with zero attached hydrogens (tertiary/aromatic N) is 5. The molecule has 30 heavy (non-hydrogen) atoms. The maximum absolute atomic E-state index is 14.6. The third-order valence-corrected chi connectivity index (χ3v) is 6.07. The molecule has 2 aliphatic rings. The van der Waals surface area contributed by atoms with Crippen LogP contribution in [0.4, 0.5) is 4.39 Å². The van der Waals surface area contributed by atoms with Gasteiger partial charge >= 0.3 is 5.97 Å². The molecule has 0 bridgehead atoms. The van der Waals surface area contributed by atoms with E-state index in [1.54, 1.807) is 24.3 Å². The van der Waals surface area contributed by atoms with Crippen molar-refractivity contribution in [2.45, 2.75) is 37.1 Å². The third-order valence-electron chi connectivity index (χ3n) is 5.48. The van der Waals surface area contributed by atoms with Crippen LogP contribution in [0.1, 0.15) is 36.7 Å². The Hall–Kier alpha value is -2.59. The van der Waals surface area contributed by atoms with E-state index >= 15 is 0 Å². The summed E-state index contributed by atoms with van der Waals surface area (Å²) >= 11 is 4.64. The minimum Gasteiger partial charge on any atom is -0.480 e. The normalized spacial score (nSPS) is 22.2. The summed E-state index contributed by atoms with van der Waals surface area (Å²) in [7, 11) is 0. The van der Waals surface area contributed by atoms with Crippen molar-refractivity contribution in [1.82, 2.24) is 25.1 Å². The summed E-state index contributed by atoms with van der Waals surface area (Å²) in [4.78, 5) is 26.1. The first-order valence-corrected chi connectivity index (χ1v) is 10.3. The number of aliphatic carboxylic acids is 1. The molecule has 4 rings (SSSR count). The lowest BCUT2D eigenvalue weighted by molar-refractivity contribution is -0.138. The molecule has 2 unspecified atom stereocenters. The van der Waals surface area contributed by atoms with E-state index < -0.39 is 12.0 Å². The van der Waals surface area contributed by atoms with Gasteiger partial charge in [0.2, 0.25) is 0 Å². The number of carbonyl (C=O) groups is 2. The molecule has 1 aliphatic carbocycles. The number of tetrazole rings is 1. The molecule has 2 atom stereocenters. The fourth-order valence-corrected chi connectivity index (χ4v) is 4.07. The van der Waals surface area contributed by atoms with E-state index in [9.17, 15) is 14.0 Å². The number of aromatic nitrogens is 4. The predicted octanol–water partition coefficient (Wildman–Crippen LogP) is 2.00. The summed E-state index contributed by atoms with van der Waals surface area (Å²) in [6, 6.07) is 5.76. The first kappa shape index (κ1) is 20.7. The highest BCUT2D eigenvalue weighted by Gasteiger charge is 2.40. The van der Waals surface area contributed by atoms with Crippen LogP contribution in [0.15, 0.2) is 29.8 Å². The van der Waals surface area contributed by atoms with Gasteiger partial charge in [-0.3, -0.25) is 14.5 Å². The number of halogens is 1. The van der Waals surface area contributed by atoms with Gasteiger partial charge in [0.1, 0.15) is 12.4 Å². The van der Waals surface area contributed by atoms with Crippen LogP contribution < -0.4 is 0 Å². The number of thiol groups is 1. The molecule has 0 spiro atoms. The highest BCUT2D eigenvalue weighted by molar-refractivity contribution is 7.81. The number of carboxylic acids is 1. The van der Waals surface area contributed by atoms with Crippen LogP contribution in [0.2, 0.25) is 0 Å². The van der Waals surface area contributed by atoms with Crippen molar-refractivity contribution >= 4 is 30.5 Å². The molecule has 1 aromatic carbocycles. The predicted molar refractivity (Wildman–Crippen MR) is 109 cm³/mol. The van der Waals surface area contributed by atoms with Crippen LogP contribution in [0.25, 0.3) is 6.08 Å².